The maximum atomic E-state index is 10.2. The van der Waals surface area contributed by atoms with Crippen molar-refractivity contribution in [3.8, 4) is 0 Å². The first-order chi connectivity index (χ1) is 7.02. The van der Waals surface area contributed by atoms with Crippen molar-refractivity contribution in [1.82, 2.24) is 14.8 Å². The summed E-state index contributed by atoms with van der Waals surface area (Å²) in [6.07, 6.45) is 1.04. The number of carbonyl (C=O) groups is 1. The lowest BCUT2D eigenvalue weighted by molar-refractivity contribution is -0.131. The summed E-state index contributed by atoms with van der Waals surface area (Å²) in [6, 6.07) is 0.140. The van der Waals surface area contributed by atoms with E-state index in [0.29, 0.717) is 11.1 Å². The number of aromatic nitrogens is 3. The lowest BCUT2D eigenvalue weighted by atomic mass is 10.4. The fourth-order valence-electron chi connectivity index (χ4n) is 1.01. The minimum atomic E-state index is -0.994. The van der Waals surface area contributed by atoms with E-state index >= 15 is 0 Å². The second-order valence-corrected chi connectivity index (χ2v) is 3.94. The Hall–Kier alpha value is -1.50. The van der Waals surface area contributed by atoms with Crippen molar-refractivity contribution in [2.45, 2.75) is 25.0 Å². The molecule has 7 heteroatoms. The quantitative estimate of drug-likeness (QED) is 0.592. The average Bonchev–Trinajstić information content (AvgIpc) is 2.46. The molecule has 0 saturated carbocycles. The van der Waals surface area contributed by atoms with E-state index in [9.17, 15) is 4.79 Å². The van der Waals surface area contributed by atoms with Gasteiger partial charge in [0.1, 0.15) is 0 Å². The highest BCUT2D eigenvalue weighted by Gasteiger charge is 2.11. The van der Waals surface area contributed by atoms with Crippen LogP contribution in [0, 0.1) is 0 Å². The van der Waals surface area contributed by atoms with Gasteiger partial charge in [0.2, 0.25) is 5.95 Å². The van der Waals surface area contributed by atoms with Gasteiger partial charge in [0.15, 0.2) is 5.16 Å². The Morgan fingerprint density at radius 2 is 2.27 bits per heavy atom. The first-order valence-electron chi connectivity index (χ1n) is 4.29. The van der Waals surface area contributed by atoms with Gasteiger partial charge >= 0.3 is 5.97 Å². The zero-order valence-electron chi connectivity index (χ0n) is 8.41. The molecule has 0 saturated heterocycles. The molecule has 15 heavy (non-hydrogen) atoms. The van der Waals surface area contributed by atoms with Gasteiger partial charge in [-0.1, -0.05) is 11.8 Å². The Morgan fingerprint density at radius 3 is 2.80 bits per heavy atom. The third-order valence-corrected chi connectivity index (χ3v) is 2.35. The number of nitrogens with two attached hydrogens (primary N) is 1. The summed E-state index contributed by atoms with van der Waals surface area (Å²) in [6.45, 7) is 3.90. The molecule has 6 nitrogen and oxygen atoms in total. The molecule has 0 bridgehead atoms. The molecule has 1 heterocycles. The summed E-state index contributed by atoms with van der Waals surface area (Å²) >= 11 is 1.17. The van der Waals surface area contributed by atoms with Crippen LogP contribution in [-0.4, -0.2) is 25.8 Å². The lowest BCUT2D eigenvalue weighted by Gasteiger charge is -2.09. The fraction of sp³-hybridized carbons (Fsp3) is 0.375. The molecule has 0 unspecified atom stereocenters. The van der Waals surface area contributed by atoms with Crippen LogP contribution < -0.4 is 5.73 Å². The Labute approximate surface area is 91.2 Å². The van der Waals surface area contributed by atoms with Gasteiger partial charge in [-0.15, -0.1) is 10.2 Å². The van der Waals surface area contributed by atoms with Crippen LogP contribution in [0.4, 0.5) is 5.95 Å². The van der Waals surface area contributed by atoms with Crippen molar-refractivity contribution in [2.75, 3.05) is 5.73 Å². The lowest BCUT2D eigenvalue weighted by Crippen LogP contribution is -2.06. The van der Waals surface area contributed by atoms with Gasteiger partial charge in [-0.25, -0.2) is 4.79 Å². The molecule has 0 fully saturated rings. The van der Waals surface area contributed by atoms with Crippen LogP contribution in [-0.2, 0) is 4.79 Å². The van der Waals surface area contributed by atoms with E-state index < -0.39 is 5.97 Å². The van der Waals surface area contributed by atoms with E-state index in [2.05, 4.69) is 10.2 Å². The van der Waals surface area contributed by atoms with Crippen molar-refractivity contribution in [3.63, 3.8) is 0 Å². The Bertz CT molecular complexity index is 386. The van der Waals surface area contributed by atoms with E-state index in [0.717, 1.165) is 6.08 Å². The van der Waals surface area contributed by atoms with Crippen molar-refractivity contribution < 1.29 is 9.90 Å². The molecule has 3 N–H and O–H groups in total. The van der Waals surface area contributed by atoms with Gasteiger partial charge in [-0.2, -0.15) is 0 Å². The van der Waals surface area contributed by atoms with Gasteiger partial charge in [0.05, 0.1) is 0 Å². The zero-order chi connectivity index (χ0) is 11.4. The Kier molecular flexibility index (Phi) is 3.73. The summed E-state index contributed by atoms with van der Waals surface area (Å²) in [7, 11) is 0. The minimum absolute atomic E-state index is 0.140. The van der Waals surface area contributed by atoms with Crippen LogP contribution in [0.25, 0.3) is 0 Å². The topological polar surface area (TPSA) is 94.0 Å². The summed E-state index contributed by atoms with van der Waals surface area (Å²) in [4.78, 5) is 10.2. The Morgan fingerprint density at radius 1 is 1.60 bits per heavy atom. The third kappa shape index (κ3) is 2.98. The number of anilines is 1. The molecule has 1 rings (SSSR count). The summed E-state index contributed by atoms with van der Waals surface area (Å²) < 4.78 is 1.73. The fourth-order valence-corrected chi connectivity index (χ4v) is 1.82. The van der Waals surface area contributed by atoms with Gasteiger partial charge < -0.3 is 10.8 Å². The number of carboxylic acids is 1. The summed E-state index contributed by atoms with van der Waals surface area (Å²) in [5.41, 5.74) is 5.61. The third-order valence-electron chi connectivity index (χ3n) is 1.59. The van der Waals surface area contributed by atoms with Crippen molar-refractivity contribution in [2.24, 2.45) is 0 Å². The first-order valence-corrected chi connectivity index (χ1v) is 5.17. The summed E-state index contributed by atoms with van der Waals surface area (Å²) in [5.74, 6) is -0.665. The van der Waals surface area contributed by atoms with Gasteiger partial charge in [0, 0.05) is 12.1 Å². The molecule has 0 spiro atoms. The second kappa shape index (κ2) is 4.83. The number of nitrogen functional groups attached to an aromatic ring is 1. The van der Waals surface area contributed by atoms with Crippen molar-refractivity contribution >= 4 is 23.7 Å². The van der Waals surface area contributed by atoms with Gasteiger partial charge in [-0.05, 0) is 19.3 Å². The largest absolute Gasteiger partial charge is 0.478 e. The van der Waals surface area contributed by atoms with Crippen molar-refractivity contribution in [3.05, 3.63) is 11.5 Å². The SMILES string of the molecule is CC(C)n1c(N)nnc1SC=CC(=O)O. The molecule has 82 valence electrons. The predicted octanol–water partition coefficient (Wildman–Crippen LogP) is 1.13. The van der Waals surface area contributed by atoms with E-state index in [-0.39, 0.29) is 6.04 Å². The van der Waals surface area contributed by atoms with Crippen LogP contribution >= 0.6 is 11.8 Å². The zero-order valence-corrected chi connectivity index (χ0v) is 9.23. The van der Waals surface area contributed by atoms with Crippen LogP contribution in [0.2, 0.25) is 0 Å². The van der Waals surface area contributed by atoms with E-state index in [4.69, 9.17) is 10.8 Å². The Balaban J connectivity index is 2.81. The molecule has 0 aromatic carbocycles. The molecular formula is C8H12N4O2S. The number of aliphatic carboxylic acids is 1. The number of rotatable bonds is 4. The number of carboxylic acid groups (broad SMARTS) is 1. The maximum Gasteiger partial charge on any atom is 0.328 e. The van der Waals surface area contributed by atoms with Gasteiger partial charge in [0.25, 0.3) is 0 Å². The molecule has 1 aromatic heterocycles. The second-order valence-electron chi connectivity index (χ2n) is 3.06. The standard InChI is InChI=1S/C8H12N4O2S/c1-5(2)12-7(9)10-11-8(12)15-4-3-6(13)14/h3-5H,1-2H3,(H2,9,10)(H,13,14). The van der Waals surface area contributed by atoms with Crippen LogP contribution in [0.5, 0.6) is 0 Å². The summed E-state index contributed by atoms with van der Waals surface area (Å²) in [5, 5.41) is 18.0. The number of thioether (sulfide) groups is 1. The van der Waals surface area contributed by atoms with E-state index in [1.807, 2.05) is 13.8 Å². The number of hydrogen-bond donors (Lipinski definition) is 2. The highest BCUT2D eigenvalue weighted by Crippen LogP contribution is 2.22. The van der Waals surface area contributed by atoms with Crippen LogP contribution in [0.15, 0.2) is 16.6 Å². The monoisotopic (exact) mass is 228 g/mol. The smallest absolute Gasteiger partial charge is 0.328 e. The molecule has 1 aromatic rings. The van der Waals surface area contributed by atoms with Crippen LogP contribution in [0.3, 0.4) is 0 Å². The molecule has 0 radical (unpaired) electrons. The minimum Gasteiger partial charge on any atom is -0.478 e. The average molecular weight is 228 g/mol. The normalized spacial score (nSPS) is 11.4. The molecule has 0 aliphatic heterocycles. The first kappa shape index (κ1) is 11.6. The van der Waals surface area contributed by atoms with Crippen LogP contribution in [0.1, 0.15) is 19.9 Å². The molecule has 0 aliphatic carbocycles. The van der Waals surface area contributed by atoms with Gasteiger partial charge in [-0.3, -0.25) is 4.57 Å². The highest BCUT2D eigenvalue weighted by molar-refractivity contribution is 8.02. The highest BCUT2D eigenvalue weighted by atomic mass is 32.2. The molecule has 0 atom stereocenters. The van der Waals surface area contributed by atoms with E-state index in [1.54, 1.807) is 4.57 Å². The number of hydrogen-bond acceptors (Lipinski definition) is 5. The predicted molar refractivity (Wildman–Crippen MR) is 57.5 cm³/mol. The van der Waals surface area contributed by atoms with Crippen molar-refractivity contribution in [1.29, 1.82) is 0 Å². The number of nitrogens with zero attached hydrogens (tertiary/aromatic N) is 3. The van der Waals surface area contributed by atoms with E-state index in [1.165, 1.54) is 17.2 Å². The molecule has 0 aliphatic rings. The molecular weight excluding hydrogens is 216 g/mol. The molecule has 0 amide bonds. The maximum absolute atomic E-state index is 10.2.